The number of hydrogen-bond acceptors (Lipinski definition) is 2. The van der Waals surface area contributed by atoms with Crippen LogP contribution in [0.3, 0.4) is 0 Å². The third-order valence-corrected chi connectivity index (χ3v) is 3.20. The van der Waals surface area contributed by atoms with Crippen molar-refractivity contribution >= 4 is 17.6 Å². The van der Waals surface area contributed by atoms with Gasteiger partial charge >= 0.3 is 5.97 Å². The second-order valence-corrected chi connectivity index (χ2v) is 4.54. The van der Waals surface area contributed by atoms with E-state index in [2.05, 4.69) is 4.74 Å². The van der Waals surface area contributed by atoms with E-state index in [0.717, 1.165) is 25.3 Å². The van der Waals surface area contributed by atoms with Gasteiger partial charge in [0.1, 0.15) is 0 Å². The van der Waals surface area contributed by atoms with Crippen molar-refractivity contribution in [3.63, 3.8) is 0 Å². The van der Waals surface area contributed by atoms with Gasteiger partial charge in [-0.3, -0.25) is 0 Å². The molecule has 8 heteroatoms. The van der Waals surface area contributed by atoms with E-state index in [9.17, 15) is 26.7 Å². The minimum absolute atomic E-state index is 0.0977. The van der Waals surface area contributed by atoms with Gasteiger partial charge in [0, 0.05) is 0 Å². The average Bonchev–Trinajstić information content (AvgIpc) is 2.52. The molecule has 0 fully saturated rings. The first kappa shape index (κ1) is 16.2. The summed E-state index contributed by atoms with van der Waals surface area (Å²) in [6.07, 6.45) is 0. The molecule has 0 radical (unpaired) electrons. The van der Waals surface area contributed by atoms with Crippen LogP contribution in [0.15, 0.2) is 18.2 Å². The molecule has 0 unspecified atom stereocenters. The maximum atomic E-state index is 13.7. The van der Waals surface area contributed by atoms with Crippen LogP contribution in [-0.4, -0.2) is 13.1 Å². The van der Waals surface area contributed by atoms with E-state index < -0.39 is 46.2 Å². The van der Waals surface area contributed by atoms with E-state index in [4.69, 9.17) is 11.6 Å². The highest BCUT2D eigenvalue weighted by Crippen LogP contribution is 2.33. The Morgan fingerprint density at radius 3 is 1.95 bits per heavy atom. The lowest BCUT2D eigenvalue weighted by Crippen LogP contribution is -2.06. The normalized spacial score (nSPS) is 10.7. The number of benzene rings is 2. The lowest BCUT2D eigenvalue weighted by molar-refractivity contribution is 0.0601. The van der Waals surface area contributed by atoms with Gasteiger partial charge in [-0.2, -0.15) is 0 Å². The van der Waals surface area contributed by atoms with Crippen LogP contribution in [0, 0.1) is 29.1 Å². The van der Waals surface area contributed by atoms with Gasteiger partial charge in [-0.25, -0.2) is 26.7 Å². The molecule has 0 aromatic heterocycles. The Morgan fingerprint density at radius 2 is 1.45 bits per heavy atom. The van der Waals surface area contributed by atoms with Crippen molar-refractivity contribution in [2.75, 3.05) is 7.11 Å². The molecule has 0 saturated carbocycles. The van der Waals surface area contributed by atoms with Crippen molar-refractivity contribution in [3.05, 3.63) is 57.9 Å². The summed E-state index contributed by atoms with van der Waals surface area (Å²) in [5.41, 5.74) is -1.83. The highest BCUT2D eigenvalue weighted by molar-refractivity contribution is 6.33. The molecule has 0 amide bonds. The summed E-state index contributed by atoms with van der Waals surface area (Å²) in [6.45, 7) is 0. The summed E-state index contributed by atoms with van der Waals surface area (Å²) in [5.74, 6) is -11.4. The number of methoxy groups -OCH3 is 1. The molecule has 2 aromatic carbocycles. The fourth-order valence-corrected chi connectivity index (χ4v) is 2.00. The Hall–Kier alpha value is -2.15. The zero-order chi connectivity index (χ0) is 16.6. The second-order valence-electron chi connectivity index (χ2n) is 4.13. The molecule has 0 spiro atoms. The van der Waals surface area contributed by atoms with Crippen LogP contribution >= 0.6 is 11.6 Å². The Labute approximate surface area is 126 Å². The quantitative estimate of drug-likeness (QED) is 0.349. The summed E-state index contributed by atoms with van der Waals surface area (Å²) in [6, 6.07) is 2.99. The summed E-state index contributed by atoms with van der Waals surface area (Å²) < 4.78 is 71.3. The van der Waals surface area contributed by atoms with Crippen molar-refractivity contribution in [3.8, 4) is 11.1 Å². The summed E-state index contributed by atoms with van der Waals surface area (Å²) in [4.78, 5) is 11.5. The highest BCUT2D eigenvalue weighted by atomic mass is 35.5. The van der Waals surface area contributed by atoms with Gasteiger partial charge in [-0.15, -0.1) is 0 Å². The van der Waals surface area contributed by atoms with E-state index >= 15 is 0 Å². The number of esters is 1. The van der Waals surface area contributed by atoms with Gasteiger partial charge in [-0.1, -0.05) is 17.7 Å². The van der Waals surface area contributed by atoms with Gasteiger partial charge in [0.25, 0.3) is 0 Å². The lowest BCUT2D eigenvalue weighted by Gasteiger charge is -2.10. The van der Waals surface area contributed by atoms with E-state index in [1.165, 1.54) is 0 Å². The minimum atomic E-state index is -2.26. The van der Waals surface area contributed by atoms with Gasteiger partial charge in [0.2, 0.25) is 5.82 Å². The van der Waals surface area contributed by atoms with Crippen molar-refractivity contribution in [1.29, 1.82) is 0 Å². The molecule has 2 aromatic rings. The first-order valence-corrected chi connectivity index (χ1v) is 6.07. The first-order chi connectivity index (χ1) is 10.3. The van der Waals surface area contributed by atoms with E-state index in [1.54, 1.807) is 0 Å². The molecule has 0 saturated heterocycles. The second kappa shape index (κ2) is 5.92. The van der Waals surface area contributed by atoms with Crippen LogP contribution < -0.4 is 0 Å². The van der Waals surface area contributed by atoms with Crippen LogP contribution in [0.2, 0.25) is 5.02 Å². The van der Waals surface area contributed by atoms with Crippen LogP contribution in [0.5, 0.6) is 0 Å². The van der Waals surface area contributed by atoms with E-state index in [-0.39, 0.29) is 10.6 Å². The number of carbonyl (C=O) groups is 1. The van der Waals surface area contributed by atoms with Crippen LogP contribution in [0.1, 0.15) is 10.4 Å². The first-order valence-electron chi connectivity index (χ1n) is 5.69. The molecule has 0 heterocycles. The number of hydrogen-bond donors (Lipinski definition) is 0. The summed E-state index contributed by atoms with van der Waals surface area (Å²) in [5, 5.41) is -0.0977. The molecular weight excluding hydrogens is 331 g/mol. The van der Waals surface area contributed by atoms with Crippen molar-refractivity contribution in [2.45, 2.75) is 0 Å². The average molecular weight is 337 g/mol. The van der Waals surface area contributed by atoms with Crippen molar-refractivity contribution in [2.24, 2.45) is 0 Å². The van der Waals surface area contributed by atoms with Crippen LogP contribution in [0.4, 0.5) is 22.0 Å². The largest absolute Gasteiger partial charge is 0.465 e. The van der Waals surface area contributed by atoms with Crippen LogP contribution in [0.25, 0.3) is 11.1 Å². The molecule has 2 nitrogen and oxygen atoms in total. The van der Waals surface area contributed by atoms with Crippen molar-refractivity contribution in [1.82, 2.24) is 0 Å². The number of carbonyl (C=O) groups excluding carboxylic acids is 1. The molecule has 0 N–H and O–H groups in total. The molecule has 2 rings (SSSR count). The predicted octanol–water partition coefficient (Wildman–Crippen LogP) is 4.49. The fourth-order valence-electron chi connectivity index (χ4n) is 1.81. The third-order valence-electron chi connectivity index (χ3n) is 2.87. The predicted molar refractivity (Wildman–Crippen MR) is 68.0 cm³/mol. The zero-order valence-electron chi connectivity index (χ0n) is 10.8. The smallest absolute Gasteiger partial charge is 0.339 e. The monoisotopic (exact) mass is 336 g/mol. The van der Waals surface area contributed by atoms with Gasteiger partial charge in [-0.05, 0) is 17.7 Å². The Bertz CT molecular complexity index is 747. The number of rotatable bonds is 2. The van der Waals surface area contributed by atoms with Gasteiger partial charge < -0.3 is 4.74 Å². The zero-order valence-corrected chi connectivity index (χ0v) is 11.6. The Morgan fingerprint density at radius 1 is 0.955 bits per heavy atom. The lowest BCUT2D eigenvalue weighted by atomic mass is 10.0. The van der Waals surface area contributed by atoms with Gasteiger partial charge in [0.05, 0.1) is 23.3 Å². The maximum absolute atomic E-state index is 13.7. The van der Waals surface area contributed by atoms with E-state index in [1.807, 2.05) is 0 Å². The fraction of sp³-hybridized carbons (Fsp3) is 0.0714. The molecule has 0 aliphatic rings. The molecular formula is C14H6ClF5O2. The van der Waals surface area contributed by atoms with Crippen LogP contribution in [-0.2, 0) is 4.74 Å². The molecule has 0 bridgehead atoms. The molecule has 0 atom stereocenters. The minimum Gasteiger partial charge on any atom is -0.465 e. The number of ether oxygens (including phenoxy) is 1. The maximum Gasteiger partial charge on any atom is 0.339 e. The standard InChI is InChI=1S/C14H6ClF5O2/c1-22-14(21)6-4-5(2-3-7(6)15)8-9(16)11(18)13(20)12(19)10(8)17/h2-4H,1H3. The third kappa shape index (κ3) is 2.52. The van der Waals surface area contributed by atoms with E-state index in [0.29, 0.717) is 0 Å². The molecule has 0 aliphatic carbocycles. The number of halogens is 6. The topological polar surface area (TPSA) is 26.3 Å². The molecule has 116 valence electrons. The highest BCUT2D eigenvalue weighted by Gasteiger charge is 2.27. The SMILES string of the molecule is COC(=O)c1cc(-c2c(F)c(F)c(F)c(F)c2F)ccc1Cl. The van der Waals surface area contributed by atoms with Gasteiger partial charge in [0.15, 0.2) is 23.3 Å². The molecule has 0 aliphatic heterocycles. The summed E-state index contributed by atoms with van der Waals surface area (Å²) >= 11 is 5.73. The summed E-state index contributed by atoms with van der Waals surface area (Å²) in [7, 11) is 1.05. The Kier molecular flexibility index (Phi) is 4.37. The van der Waals surface area contributed by atoms with Crippen molar-refractivity contribution < 1.29 is 31.5 Å². The molecule has 22 heavy (non-hydrogen) atoms. The Balaban J connectivity index is 2.76.